The number of amides is 1. The number of rotatable bonds is 10. The Labute approximate surface area is 188 Å². The number of nitrogens with one attached hydrogen (secondary N) is 2. The van der Waals surface area contributed by atoms with Crippen LogP contribution in [-0.4, -0.2) is 74.6 Å². The summed E-state index contributed by atoms with van der Waals surface area (Å²) in [6.07, 6.45) is 4.18. The van der Waals surface area contributed by atoms with E-state index in [1.165, 1.54) is 5.56 Å². The number of hydrogen-bond donors (Lipinski definition) is 2. The maximum absolute atomic E-state index is 12.3. The van der Waals surface area contributed by atoms with Gasteiger partial charge >= 0.3 is 0 Å². The number of aliphatic imine (C=N–C) groups is 1. The van der Waals surface area contributed by atoms with Gasteiger partial charge in [0.25, 0.3) is 0 Å². The molecule has 1 aromatic rings. The number of hydrogen-bond acceptors (Lipinski definition) is 4. The summed E-state index contributed by atoms with van der Waals surface area (Å²) in [6.45, 7) is 9.68. The fourth-order valence-corrected chi connectivity index (χ4v) is 3.78. The fourth-order valence-electron chi connectivity index (χ4n) is 3.78. The molecule has 1 aliphatic heterocycles. The highest BCUT2D eigenvalue weighted by Crippen LogP contribution is 2.22. The average molecular weight is 432 g/mol. The van der Waals surface area contributed by atoms with E-state index in [2.05, 4.69) is 59.5 Å². The van der Waals surface area contributed by atoms with Gasteiger partial charge in [0.15, 0.2) is 5.96 Å². The van der Waals surface area contributed by atoms with Gasteiger partial charge in [-0.15, -0.1) is 0 Å². The van der Waals surface area contributed by atoms with Crippen molar-refractivity contribution in [1.82, 2.24) is 20.4 Å². The molecule has 0 bridgehead atoms. The van der Waals surface area contributed by atoms with Gasteiger partial charge in [-0.1, -0.05) is 19.1 Å². The molecule has 2 N–H and O–H groups in total. The Morgan fingerprint density at radius 2 is 2.13 bits per heavy atom. The van der Waals surface area contributed by atoms with E-state index >= 15 is 0 Å². The quantitative estimate of drug-likeness (QED) is 0.339. The van der Waals surface area contributed by atoms with Crippen molar-refractivity contribution in [3.63, 3.8) is 0 Å². The molecule has 2 rings (SSSR count). The molecule has 1 aromatic carbocycles. The lowest BCUT2D eigenvalue weighted by molar-refractivity contribution is -0.133. The second-order valence-corrected chi connectivity index (χ2v) is 8.58. The van der Waals surface area contributed by atoms with E-state index in [0.29, 0.717) is 6.54 Å². The third-order valence-corrected chi connectivity index (χ3v) is 5.80. The molecule has 2 atom stereocenters. The van der Waals surface area contributed by atoms with Crippen LogP contribution in [0.15, 0.2) is 23.2 Å². The van der Waals surface area contributed by atoms with Crippen LogP contribution in [0.5, 0.6) is 5.75 Å². The SMILES string of the molecule is CCC(C)Oc1cc(C)ccc1CNC(=NC)NCCCN1CCCC1C(=O)N(C)C. The maximum Gasteiger partial charge on any atom is 0.239 e. The van der Waals surface area contributed by atoms with Crippen molar-refractivity contribution in [1.29, 1.82) is 0 Å². The summed E-state index contributed by atoms with van der Waals surface area (Å²) in [4.78, 5) is 20.7. The molecule has 2 unspecified atom stereocenters. The van der Waals surface area contributed by atoms with E-state index < -0.39 is 0 Å². The first kappa shape index (κ1) is 25.0. The minimum Gasteiger partial charge on any atom is -0.490 e. The highest BCUT2D eigenvalue weighted by molar-refractivity contribution is 5.81. The molecule has 0 radical (unpaired) electrons. The highest BCUT2D eigenvalue weighted by Gasteiger charge is 2.30. The predicted molar refractivity (Wildman–Crippen MR) is 128 cm³/mol. The fraction of sp³-hybridized carbons (Fsp3) is 0.667. The zero-order chi connectivity index (χ0) is 22.8. The van der Waals surface area contributed by atoms with Crippen molar-refractivity contribution in [2.45, 2.75) is 65.1 Å². The van der Waals surface area contributed by atoms with E-state index in [0.717, 1.165) is 62.6 Å². The number of aryl methyl sites for hydroxylation is 1. The van der Waals surface area contributed by atoms with Crippen molar-refractivity contribution < 1.29 is 9.53 Å². The molecular formula is C24H41N5O2. The Balaban J connectivity index is 1.80. The number of guanidine groups is 1. The summed E-state index contributed by atoms with van der Waals surface area (Å²) in [5.74, 6) is 1.93. The third-order valence-electron chi connectivity index (χ3n) is 5.80. The Morgan fingerprint density at radius 3 is 2.81 bits per heavy atom. The van der Waals surface area contributed by atoms with Gasteiger partial charge in [-0.2, -0.15) is 0 Å². The number of ether oxygens (including phenoxy) is 1. The van der Waals surface area contributed by atoms with E-state index in [1.54, 1.807) is 11.9 Å². The molecule has 1 saturated heterocycles. The highest BCUT2D eigenvalue weighted by atomic mass is 16.5. The lowest BCUT2D eigenvalue weighted by Crippen LogP contribution is -2.44. The smallest absolute Gasteiger partial charge is 0.239 e. The Bertz CT molecular complexity index is 735. The van der Waals surface area contributed by atoms with Crippen molar-refractivity contribution in [3.8, 4) is 5.75 Å². The second-order valence-electron chi connectivity index (χ2n) is 8.58. The van der Waals surface area contributed by atoms with Crippen LogP contribution in [0.25, 0.3) is 0 Å². The van der Waals surface area contributed by atoms with Crippen LogP contribution in [0, 0.1) is 6.92 Å². The Hall–Kier alpha value is -2.28. The summed E-state index contributed by atoms with van der Waals surface area (Å²) < 4.78 is 6.11. The van der Waals surface area contributed by atoms with Crippen LogP contribution in [-0.2, 0) is 11.3 Å². The summed E-state index contributed by atoms with van der Waals surface area (Å²) in [5.41, 5.74) is 2.31. The first-order valence-corrected chi connectivity index (χ1v) is 11.5. The van der Waals surface area contributed by atoms with Crippen molar-refractivity contribution in [3.05, 3.63) is 29.3 Å². The lowest BCUT2D eigenvalue weighted by atomic mass is 10.1. The number of nitrogens with zero attached hydrogens (tertiary/aromatic N) is 3. The molecule has 7 nitrogen and oxygen atoms in total. The summed E-state index contributed by atoms with van der Waals surface area (Å²) in [5, 5.41) is 6.78. The second kappa shape index (κ2) is 12.5. The normalized spacial score (nSPS) is 18.0. The topological polar surface area (TPSA) is 69.2 Å². The standard InChI is InChI=1S/C24H41N5O2/c1-7-19(3)31-22-16-18(2)11-12-20(22)17-27-24(25-4)26-13-9-15-29-14-8-10-21(29)23(30)28(5)6/h11-12,16,19,21H,7-10,13-15,17H2,1-6H3,(H2,25,26,27). The largest absolute Gasteiger partial charge is 0.490 e. The van der Waals surface area contributed by atoms with Crippen molar-refractivity contribution in [2.24, 2.45) is 4.99 Å². The first-order valence-electron chi connectivity index (χ1n) is 11.5. The van der Waals surface area contributed by atoms with Gasteiger partial charge in [-0.3, -0.25) is 14.7 Å². The van der Waals surface area contributed by atoms with Crippen molar-refractivity contribution >= 4 is 11.9 Å². The molecule has 174 valence electrons. The first-order chi connectivity index (χ1) is 14.8. The molecule has 31 heavy (non-hydrogen) atoms. The van der Waals surface area contributed by atoms with Gasteiger partial charge in [0.05, 0.1) is 12.1 Å². The molecule has 0 aromatic heterocycles. The number of carbonyl (C=O) groups is 1. The molecule has 0 saturated carbocycles. The summed E-state index contributed by atoms with van der Waals surface area (Å²) >= 11 is 0. The van der Waals surface area contributed by atoms with Crippen LogP contribution in [0.2, 0.25) is 0 Å². The average Bonchev–Trinajstić information content (AvgIpc) is 3.21. The van der Waals surface area contributed by atoms with Crippen LogP contribution < -0.4 is 15.4 Å². The molecule has 0 spiro atoms. The van der Waals surface area contributed by atoms with Gasteiger partial charge in [-0.25, -0.2) is 0 Å². The molecule has 1 amide bonds. The van der Waals surface area contributed by atoms with Crippen molar-refractivity contribution in [2.75, 3.05) is 40.8 Å². The molecule has 1 heterocycles. The van der Waals surface area contributed by atoms with Crippen LogP contribution in [0.3, 0.4) is 0 Å². The lowest BCUT2D eigenvalue weighted by Gasteiger charge is -2.26. The van der Waals surface area contributed by atoms with E-state index in [4.69, 9.17) is 4.74 Å². The van der Waals surface area contributed by atoms with Crippen LogP contribution in [0.4, 0.5) is 0 Å². The van der Waals surface area contributed by atoms with Gasteiger partial charge < -0.3 is 20.3 Å². The van der Waals surface area contributed by atoms with E-state index in [-0.39, 0.29) is 18.1 Å². The zero-order valence-electron chi connectivity index (χ0n) is 20.2. The zero-order valence-corrected chi connectivity index (χ0v) is 20.2. The van der Waals surface area contributed by atoms with Gasteiger partial charge in [-0.05, 0) is 57.7 Å². The van der Waals surface area contributed by atoms with Crippen LogP contribution in [0.1, 0.15) is 50.7 Å². The van der Waals surface area contributed by atoms with Gasteiger partial charge in [0.2, 0.25) is 5.91 Å². The third kappa shape index (κ3) is 7.73. The van der Waals surface area contributed by atoms with Gasteiger partial charge in [0.1, 0.15) is 5.75 Å². The van der Waals surface area contributed by atoms with Gasteiger partial charge in [0, 0.05) is 46.3 Å². The summed E-state index contributed by atoms with van der Waals surface area (Å²) in [7, 11) is 5.46. The Morgan fingerprint density at radius 1 is 1.35 bits per heavy atom. The van der Waals surface area contributed by atoms with E-state index in [1.807, 2.05) is 14.1 Å². The minimum atomic E-state index is 0.0397. The number of benzene rings is 1. The molecule has 1 aliphatic rings. The molecule has 7 heteroatoms. The molecule has 0 aliphatic carbocycles. The molecular weight excluding hydrogens is 390 g/mol. The van der Waals surface area contributed by atoms with E-state index in [9.17, 15) is 4.79 Å². The molecule has 1 fully saturated rings. The summed E-state index contributed by atoms with van der Waals surface area (Å²) in [6, 6.07) is 6.36. The minimum absolute atomic E-state index is 0.0397. The number of likely N-dealkylation sites (tertiary alicyclic amines) is 1. The predicted octanol–water partition coefficient (Wildman–Crippen LogP) is 2.78. The Kier molecular flexibility index (Phi) is 10.1. The number of likely N-dealkylation sites (N-methyl/N-ethyl adjacent to an activating group) is 1. The monoisotopic (exact) mass is 431 g/mol. The maximum atomic E-state index is 12.3. The number of carbonyl (C=O) groups excluding carboxylic acids is 1. The van der Waals surface area contributed by atoms with Crippen LogP contribution >= 0.6 is 0 Å².